The van der Waals surface area contributed by atoms with Crippen LogP contribution in [0.3, 0.4) is 0 Å². The average Bonchev–Trinajstić information content (AvgIpc) is 3.09. The Morgan fingerprint density at radius 1 is 1.08 bits per heavy atom. The molecule has 0 radical (unpaired) electrons. The van der Waals surface area contributed by atoms with Crippen LogP contribution in [0.25, 0.3) is 17.0 Å². The van der Waals surface area contributed by atoms with Gasteiger partial charge in [0, 0.05) is 34.7 Å². The van der Waals surface area contributed by atoms with Gasteiger partial charge in [-0.2, -0.15) is 0 Å². The van der Waals surface area contributed by atoms with E-state index >= 15 is 0 Å². The number of aromatic nitrogens is 1. The molecule has 1 aliphatic rings. The van der Waals surface area contributed by atoms with Crippen LogP contribution in [0.4, 0.5) is 4.79 Å². The predicted octanol–water partition coefficient (Wildman–Crippen LogP) is 5.07. The monoisotopic (exact) mass is 382 g/mol. The van der Waals surface area contributed by atoms with Crippen molar-refractivity contribution in [2.45, 2.75) is 6.54 Å². The third-order valence-electron chi connectivity index (χ3n) is 4.37. The first-order valence-corrected chi connectivity index (χ1v) is 9.27. The van der Waals surface area contributed by atoms with E-state index in [9.17, 15) is 9.59 Å². The van der Waals surface area contributed by atoms with Crippen molar-refractivity contribution in [1.29, 1.82) is 0 Å². The molecule has 2 heterocycles. The Bertz CT molecular complexity index is 1070. The minimum Gasteiger partial charge on any atom is -0.350 e. The molecule has 1 aliphatic heterocycles. The molecule has 4 nitrogen and oxygen atoms in total. The molecule has 0 aliphatic carbocycles. The molecule has 0 N–H and O–H groups in total. The molecule has 6 heteroatoms. The summed E-state index contributed by atoms with van der Waals surface area (Å²) in [5, 5.41) is 1.32. The van der Waals surface area contributed by atoms with Crippen LogP contribution in [-0.2, 0) is 18.4 Å². The summed E-state index contributed by atoms with van der Waals surface area (Å²) in [5.41, 5.74) is 2.75. The maximum atomic E-state index is 12.7. The standard InChI is InChI=1S/C20H15ClN2O2S/c1-22-11-14(15-7-3-5-9-17(15)22)10-18-19(24)23(20(25)26-18)12-13-6-2-4-8-16(13)21/h2-11H,12H2,1H3/b18-10+. The van der Waals surface area contributed by atoms with E-state index < -0.39 is 0 Å². The maximum Gasteiger partial charge on any atom is 0.293 e. The lowest BCUT2D eigenvalue weighted by molar-refractivity contribution is -0.123. The van der Waals surface area contributed by atoms with Gasteiger partial charge in [-0.1, -0.05) is 48.0 Å². The fourth-order valence-corrected chi connectivity index (χ4v) is 4.09. The molecule has 0 bridgehead atoms. The molecule has 3 aromatic rings. The van der Waals surface area contributed by atoms with Crippen LogP contribution in [0.15, 0.2) is 59.6 Å². The molecule has 2 amide bonds. The van der Waals surface area contributed by atoms with Gasteiger partial charge in [-0.05, 0) is 35.5 Å². The van der Waals surface area contributed by atoms with Crippen molar-refractivity contribution < 1.29 is 9.59 Å². The van der Waals surface area contributed by atoms with E-state index in [1.165, 1.54) is 4.90 Å². The van der Waals surface area contributed by atoms with Crippen molar-refractivity contribution in [1.82, 2.24) is 9.47 Å². The van der Waals surface area contributed by atoms with E-state index in [1.54, 1.807) is 12.1 Å². The van der Waals surface area contributed by atoms with Gasteiger partial charge < -0.3 is 4.57 Å². The van der Waals surface area contributed by atoms with Gasteiger partial charge in [-0.15, -0.1) is 0 Å². The minimum absolute atomic E-state index is 0.178. The van der Waals surface area contributed by atoms with Gasteiger partial charge in [0.05, 0.1) is 11.4 Å². The van der Waals surface area contributed by atoms with Crippen LogP contribution in [0.5, 0.6) is 0 Å². The second-order valence-electron chi connectivity index (χ2n) is 6.07. The highest BCUT2D eigenvalue weighted by atomic mass is 35.5. The van der Waals surface area contributed by atoms with E-state index in [0.29, 0.717) is 9.93 Å². The third-order valence-corrected chi connectivity index (χ3v) is 5.65. The molecule has 2 aromatic carbocycles. The topological polar surface area (TPSA) is 42.3 Å². The number of hydrogen-bond acceptors (Lipinski definition) is 3. The van der Waals surface area contributed by atoms with E-state index in [4.69, 9.17) is 11.6 Å². The lowest BCUT2D eigenvalue weighted by Crippen LogP contribution is -2.27. The van der Waals surface area contributed by atoms with Crippen LogP contribution >= 0.6 is 23.4 Å². The normalized spacial score (nSPS) is 16.2. The summed E-state index contributed by atoms with van der Waals surface area (Å²) in [6, 6.07) is 15.2. The second-order valence-corrected chi connectivity index (χ2v) is 7.47. The molecule has 0 atom stereocenters. The molecule has 0 unspecified atom stereocenters. The number of amides is 2. The van der Waals surface area contributed by atoms with Gasteiger partial charge in [0.25, 0.3) is 11.1 Å². The first-order valence-electron chi connectivity index (χ1n) is 8.07. The number of carbonyl (C=O) groups excluding carboxylic acids is 2. The molecular weight excluding hydrogens is 368 g/mol. The second kappa shape index (κ2) is 6.67. The first kappa shape index (κ1) is 16.9. The van der Waals surface area contributed by atoms with Gasteiger partial charge in [0.2, 0.25) is 0 Å². The Labute approximate surface area is 160 Å². The summed E-state index contributed by atoms with van der Waals surface area (Å²) in [5.74, 6) is -0.284. The quantitative estimate of drug-likeness (QED) is 0.594. The van der Waals surface area contributed by atoms with Crippen molar-refractivity contribution in [3.05, 3.63) is 75.8 Å². The van der Waals surface area contributed by atoms with Crippen molar-refractivity contribution in [3.8, 4) is 0 Å². The number of thioether (sulfide) groups is 1. The SMILES string of the molecule is Cn1cc(/C=C2/SC(=O)N(Cc3ccccc3Cl)C2=O)c2ccccc21. The van der Waals surface area contributed by atoms with Gasteiger partial charge in [0.15, 0.2) is 0 Å². The van der Waals surface area contributed by atoms with Crippen LogP contribution in [0.1, 0.15) is 11.1 Å². The summed E-state index contributed by atoms with van der Waals surface area (Å²) >= 11 is 7.12. The fraction of sp³-hybridized carbons (Fsp3) is 0.100. The Morgan fingerprint density at radius 2 is 1.81 bits per heavy atom. The Hall–Kier alpha value is -2.50. The van der Waals surface area contributed by atoms with E-state index in [1.807, 2.05) is 60.3 Å². The van der Waals surface area contributed by atoms with E-state index in [-0.39, 0.29) is 17.7 Å². The molecule has 130 valence electrons. The Morgan fingerprint density at radius 3 is 2.62 bits per heavy atom. The predicted molar refractivity (Wildman–Crippen MR) is 106 cm³/mol. The molecular formula is C20H15ClN2O2S. The van der Waals surface area contributed by atoms with E-state index in [2.05, 4.69) is 0 Å². The maximum absolute atomic E-state index is 12.7. The number of para-hydroxylation sites is 1. The largest absolute Gasteiger partial charge is 0.350 e. The molecule has 1 saturated heterocycles. The molecule has 1 aromatic heterocycles. The molecule has 4 rings (SSSR count). The van der Waals surface area contributed by atoms with Gasteiger partial charge in [-0.3, -0.25) is 14.5 Å². The number of halogens is 1. The van der Waals surface area contributed by atoms with Gasteiger partial charge >= 0.3 is 0 Å². The number of imide groups is 1. The van der Waals surface area contributed by atoms with Crippen LogP contribution < -0.4 is 0 Å². The summed E-state index contributed by atoms with van der Waals surface area (Å²) in [6.07, 6.45) is 3.76. The van der Waals surface area contributed by atoms with Gasteiger partial charge in [0.1, 0.15) is 0 Å². The summed E-state index contributed by atoms with van der Waals surface area (Å²) in [4.78, 5) is 26.8. The zero-order valence-electron chi connectivity index (χ0n) is 14.0. The fourth-order valence-electron chi connectivity index (χ4n) is 3.06. The highest BCUT2D eigenvalue weighted by Crippen LogP contribution is 2.35. The van der Waals surface area contributed by atoms with Crippen molar-refractivity contribution >= 4 is 51.5 Å². The number of benzene rings is 2. The summed E-state index contributed by atoms with van der Waals surface area (Å²) in [6.45, 7) is 0.178. The zero-order chi connectivity index (χ0) is 18.3. The average molecular weight is 383 g/mol. The highest BCUT2D eigenvalue weighted by molar-refractivity contribution is 8.18. The summed E-state index contributed by atoms with van der Waals surface area (Å²) < 4.78 is 2.01. The van der Waals surface area contributed by atoms with Gasteiger partial charge in [-0.25, -0.2) is 0 Å². The van der Waals surface area contributed by atoms with Crippen molar-refractivity contribution in [2.75, 3.05) is 0 Å². The molecule has 0 saturated carbocycles. The minimum atomic E-state index is -0.284. The molecule has 26 heavy (non-hydrogen) atoms. The number of aryl methyl sites for hydroxylation is 1. The summed E-state index contributed by atoms with van der Waals surface area (Å²) in [7, 11) is 1.96. The number of carbonyl (C=O) groups is 2. The third kappa shape index (κ3) is 2.93. The van der Waals surface area contributed by atoms with Crippen molar-refractivity contribution in [2.24, 2.45) is 7.05 Å². The highest BCUT2D eigenvalue weighted by Gasteiger charge is 2.35. The molecule has 0 spiro atoms. The molecule has 1 fully saturated rings. The zero-order valence-corrected chi connectivity index (χ0v) is 15.6. The van der Waals surface area contributed by atoms with Crippen molar-refractivity contribution in [3.63, 3.8) is 0 Å². The first-order chi connectivity index (χ1) is 12.5. The number of hydrogen-bond donors (Lipinski definition) is 0. The smallest absolute Gasteiger partial charge is 0.293 e. The van der Waals surface area contributed by atoms with E-state index in [0.717, 1.165) is 33.8 Å². The van der Waals surface area contributed by atoms with Crippen LogP contribution in [-0.4, -0.2) is 20.6 Å². The lowest BCUT2D eigenvalue weighted by atomic mass is 10.1. The lowest BCUT2D eigenvalue weighted by Gasteiger charge is -2.13. The van der Waals surface area contributed by atoms with Crippen LogP contribution in [0, 0.1) is 0 Å². The number of rotatable bonds is 3. The Kier molecular flexibility index (Phi) is 4.34. The Balaban J connectivity index is 1.66. The van der Waals surface area contributed by atoms with Crippen LogP contribution in [0.2, 0.25) is 5.02 Å². The number of nitrogens with zero attached hydrogens (tertiary/aromatic N) is 2. The number of fused-ring (bicyclic) bond motifs is 1.